The van der Waals surface area contributed by atoms with Gasteiger partial charge in [0.25, 0.3) is 0 Å². The third-order valence-electron chi connectivity index (χ3n) is 4.70. The molecule has 0 unspecified atom stereocenters. The van der Waals surface area contributed by atoms with Crippen LogP contribution in [0.5, 0.6) is 0 Å². The number of morpholine rings is 1. The van der Waals surface area contributed by atoms with Gasteiger partial charge < -0.3 is 9.64 Å². The van der Waals surface area contributed by atoms with Gasteiger partial charge in [0.05, 0.1) is 34.5 Å². The van der Waals surface area contributed by atoms with Crippen LogP contribution >= 0.6 is 11.6 Å². The zero-order valence-electron chi connectivity index (χ0n) is 16.9. The van der Waals surface area contributed by atoms with Gasteiger partial charge in [-0.05, 0) is 24.3 Å². The number of anilines is 1. The maximum atomic E-state index is 13.9. The Balaban J connectivity index is 2.08. The van der Waals surface area contributed by atoms with Crippen molar-refractivity contribution in [2.75, 3.05) is 45.3 Å². The predicted molar refractivity (Wildman–Crippen MR) is 114 cm³/mol. The second kappa shape index (κ2) is 9.15. The standard InChI is InChI=1S/C20H21ClF3N3O3S/c1-26(2)31(28,29)15-8-6-14(7-9-15)19(20(22,23)24)25-17-5-3-4-16(21)18(17)27-10-12-30-13-11-27/h3-9H,10-13H2,1-2H3. The van der Waals surface area contributed by atoms with Crippen molar-refractivity contribution in [3.8, 4) is 0 Å². The monoisotopic (exact) mass is 475 g/mol. The second-order valence-electron chi connectivity index (χ2n) is 6.98. The van der Waals surface area contributed by atoms with Crippen molar-refractivity contribution < 1.29 is 26.3 Å². The maximum Gasteiger partial charge on any atom is 0.433 e. The van der Waals surface area contributed by atoms with Gasteiger partial charge in [0.1, 0.15) is 0 Å². The Morgan fingerprint density at radius 1 is 1.10 bits per heavy atom. The third kappa shape index (κ3) is 5.20. The van der Waals surface area contributed by atoms with Gasteiger partial charge in [0.15, 0.2) is 5.71 Å². The van der Waals surface area contributed by atoms with Gasteiger partial charge in [-0.1, -0.05) is 29.8 Å². The Morgan fingerprint density at radius 2 is 1.71 bits per heavy atom. The molecule has 0 aromatic heterocycles. The lowest BCUT2D eigenvalue weighted by atomic mass is 10.1. The highest BCUT2D eigenvalue weighted by Crippen LogP contribution is 2.38. The molecule has 0 N–H and O–H groups in total. The molecule has 31 heavy (non-hydrogen) atoms. The van der Waals surface area contributed by atoms with Crippen molar-refractivity contribution in [2.24, 2.45) is 4.99 Å². The Hall–Kier alpha value is -2.14. The Morgan fingerprint density at radius 3 is 2.26 bits per heavy atom. The fourth-order valence-corrected chi connectivity index (χ4v) is 4.29. The van der Waals surface area contributed by atoms with E-state index in [0.29, 0.717) is 32.0 Å². The molecule has 0 spiro atoms. The number of sulfonamides is 1. The highest BCUT2D eigenvalue weighted by Gasteiger charge is 2.37. The van der Waals surface area contributed by atoms with Gasteiger partial charge in [-0.3, -0.25) is 0 Å². The number of ether oxygens (including phenoxy) is 1. The van der Waals surface area contributed by atoms with Crippen LogP contribution in [0.25, 0.3) is 0 Å². The SMILES string of the molecule is CN(C)S(=O)(=O)c1ccc(C(=Nc2cccc(Cl)c2N2CCOCC2)C(F)(F)F)cc1. The number of hydrogen-bond donors (Lipinski definition) is 0. The summed E-state index contributed by atoms with van der Waals surface area (Å²) >= 11 is 6.30. The lowest BCUT2D eigenvalue weighted by molar-refractivity contribution is -0.0579. The highest BCUT2D eigenvalue weighted by molar-refractivity contribution is 7.89. The summed E-state index contributed by atoms with van der Waals surface area (Å²) in [6.07, 6.45) is -4.77. The highest BCUT2D eigenvalue weighted by atomic mass is 35.5. The minimum atomic E-state index is -4.77. The van der Waals surface area contributed by atoms with E-state index in [1.807, 2.05) is 4.90 Å². The molecular formula is C20H21ClF3N3O3S. The largest absolute Gasteiger partial charge is 0.433 e. The van der Waals surface area contributed by atoms with Crippen LogP contribution in [0.15, 0.2) is 52.4 Å². The normalized spacial score (nSPS) is 16.1. The van der Waals surface area contributed by atoms with E-state index >= 15 is 0 Å². The summed E-state index contributed by atoms with van der Waals surface area (Å²) in [5, 5.41) is 0.289. The summed E-state index contributed by atoms with van der Waals surface area (Å²) < 4.78 is 72.4. The first-order valence-corrected chi connectivity index (χ1v) is 11.1. The quantitative estimate of drug-likeness (QED) is 0.611. The first kappa shape index (κ1) is 23.5. The molecule has 168 valence electrons. The predicted octanol–water partition coefficient (Wildman–Crippen LogP) is 4.11. The summed E-state index contributed by atoms with van der Waals surface area (Å²) in [7, 11) is -1.07. The topological polar surface area (TPSA) is 62.2 Å². The summed E-state index contributed by atoms with van der Waals surface area (Å²) in [4.78, 5) is 5.66. The van der Waals surface area contributed by atoms with Crippen LogP contribution in [0.3, 0.4) is 0 Å². The summed E-state index contributed by atoms with van der Waals surface area (Å²) in [5.74, 6) is 0. The number of para-hydroxylation sites is 1. The van der Waals surface area contributed by atoms with Gasteiger partial charge in [-0.25, -0.2) is 17.7 Å². The van der Waals surface area contributed by atoms with E-state index in [4.69, 9.17) is 16.3 Å². The van der Waals surface area contributed by atoms with Gasteiger partial charge in [-0.2, -0.15) is 13.2 Å². The van der Waals surface area contributed by atoms with E-state index in [2.05, 4.69) is 4.99 Å². The number of halogens is 4. The van der Waals surface area contributed by atoms with E-state index in [0.717, 1.165) is 28.6 Å². The number of hydrogen-bond acceptors (Lipinski definition) is 5. The minimum Gasteiger partial charge on any atom is -0.378 e. The van der Waals surface area contributed by atoms with Gasteiger partial charge >= 0.3 is 6.18 Å². The fourth-order valence-electron chi connectivity index (χ4n) is 3.10. The Bertz CT molecular complexity index is 1070. The average molecular weight is 476 g/mol. The number of nitrogens with zero attached hydrogens (tertiary/aromatic N) is 3. The molecule has 0 radical (unpaired) electrons. The van der Waals surface area contributed by atoms with Gasteiger partial charge in [-0.15, -0.1) is 0 Å². The van der Waals surface area contributed by atoms with Crippen LogP contribution in [-0.4, -0.2) is 65.0 Å². The van der Waals surface area contributed by atoms with Crippen molar-refractivity contribution >= 4 is 38.7 Å². The molecule has 2 aromatic rings. The third-order valence-corrected chi connectivity index (χ3v) is 6.83. The van der Waals surface area contributed by atoms with Crippen molar-refractivity contribution in [3.63, 3.8) is 0 Å². The Labute approximate surface area is 183 Å². The van der Waals surface area contributed by atoms with Crippen molar-refractivity contribution in [1.29, 1.82) is 0 Å². The zero-order chi connectivity index (χ0) is 22.8. The zero-order valence-corrected chi connectivity index (χ0v) is 18.4. The average Bonchev–Trinajstić information content (AvgIpc) is 2.72. The van der Waals surface area contributed by atoms with Gasteiger partial charge in [0, 0.05) is 32.7 Å². The number of aliphatic imine (C=N–C) groups is 1. The van der Waals surface area contributed by atoms with Crippen LogP contribution in [0.4, 0.5) is 24.5 Å². The van der Waals surface area contributed by atoms with E-state index in [-0.39, 0.29) is 21.2 Å². The molecule has 1 heterocycles. The molecule has 1 fully saturated rings. The molecule has 0 aliphatic carbocycles. The lowest BCUT2D eigenvalue weighted by Gasteiger charge is -2.30. The maximum absolute atomic E-state index is 13.9. The molecule has 0 bridgehead atoms. The van der Waals surface area contributed by atoms with Crippen molar-refractivity contribution in [2.45, 2.75) is 11.1 Å². The molecule has 1 aliphatic rings. The van der Waals surface area contributed by atoms with Crippen LogP contribution in [-0.2, 0) is 14.8 Å². The molecule has 2 aromatic carbocycles. The molecule has 3 rings (SSSR count). The van der Waals surface area contributed by atoms with E-state index in [1.54, 1.807) is 6.07 Å². The van der Waals surface area contributed by atoms with Crippen molar-refractivity contribution in [3.05, 3.63) is 53.1 Å². The summed E-state index contributed by atoms with van der Waals surface area (Å²) in [6.45, 7) is 1.82. The smallest absolute Gasteiger partial charge is 0.378 e. The lowest BCUT2D eigenvalue weighted by Crippen LogP contribution is -2.36. The van der Waals surface area contributed by atoms with E-state index in [9.17, 15) is 21.6 Å². The Kier molecular flexibility index (Phi) is 6.95. The number of rotatable bonds is 5. The molecular weight excluding hydrogens is 455 g/mol. The summed E-state index contributed by atoms with van der Waals surface area (Å²) in [6, 6.07) is 9.06. The van der Waals surface area contributed by atoms with E-state index in [1.165, 1.54) is 26.2 Å². The molecule has 0 atom stereocenters. The van der Waals surface area contributed by atoms with Crippen LogP contribution < -0.4 is 4.90 Å². The first-order valence-electron chi connectivity index (χ1n) is 9.32. The minimum absolute atomic E-state index is 0.0757. The number of benzene rings is 2. The molecule has 6 nitrogen and oxygen atoms in total. The molecule has 11 heteroatoms. The fraction of sp³-hybridized carbons (Fsp3) is 0.350. The van der Waals surface area contributed by atoms with Crippen LogP contribution in [0.2, 0.25) is 5.02 Å². The molecule has 1 aliphatic heterocycles. The molecule has 1 saturated heterocycles. The van der Waals surface area contributed by atoms with Crippen LogP contribution in [0, 0.1) is 0 Å². The van der Waals surface area contributed by atoms with E-state index < -0.39 is 21.9 Å². The van der Waals surface area contributed by atoms with Gasteiger partial charge in [0.2, 0.25) is 10.0 Å². The second-order valence-corrected chi connectivity index (χ2v) is 9.54. The molecule has 0 saturated carbocycles. The van der Waals surface area contributed by atoms with Crippen LogP contribution in [0.1, 0.15) is 5.56 Å². The van der Waals surface area contributed by atoms with Crippen molar-refractivity contribution in [1.82, 2.24) is 4.31 Å². The first-order chi connectivity index (χ1) is 14.5. The number of alkyl halides is 3. The molecule has 0 amide bonds. The summed E-state index contributed by atoms with van der Waals surface area (Å²) in [5.41, 5.74) is -0.913.